The number of benzene rings is 2. The smallest absolute Gasteiger partial charge is 0.324 e. The minimum absolute atomic E-state index is 0.0379. The van der Waals surface area contributed by atoms with Gasteiger partial charge in [-0.2, -0.15) is 0 Å². The first-order valence-electron chi connectivity index (χ1n) is 13.7. The van der Waals surface area contributed by atoms with Crippen LogP contribution in [0, 0.1) is 17.8 Å². The van der Waals surface area contributed by atoms with Gasteiger partial charge in [-0.25, -0.2) is 0 Å². The molecule has 12 nitrogen and oxygen atoms in total. The molecule has 1 amide bonds. The van der Waals surface area contributed by atoms with Crippen LogP contribution in [0.5, 0.6) is 5.75 Å². The third kappa shape index (κ3) is 13.9. The van der Waals surface area contributed by atoms with Crippen LogP contribution in [-0.4, -0.2) is 77.5 Å². The van der Waals surface area contributed by atoms with Crippen molar-refractivity contribution >= 4 is 53.9 Å². The molecule has 2 aromatic carbocycles. The van der Waals surface area contributed by atoms with Gasteiger partial charge in [-0.05, 0) is 25.8 Å². The summed E-state index contributed by atoms with van der Waals surface area (Å²) >= 11 is -5.14. The Morgan fingerprint density at radius 2 is 1.57 bits per heavy atom. The van der Waals surface area contributed by atoms with E-state index < -0.39 is 37.9 Å². The van der Waals surface area contributed by atoms with E-state index >= 15 is 0 Å². The zero-order chi connectivity index (χ0) is 33.1. The molecule has 0 heterocycles. The molecule has 0 spiro atoms. The Labute approximate surface area is 259 Å². The molecule has 13 heteroatoms. The van der Waals surface area contributed by atoms with E-state index in [-0.39, 0.29) is 48.0 Å². The predicted molar refractivity (Wildman–Crippen MR) is 163 cm³/mol. The SMILES string of the molecule is CC(=O)Nc1c(O)cccc1[As](=O)(O)O.CCCC#CCOCC(=O)c1ccc(C=CC(C(=O)OCC)C(=O)OCC)cc1. The number of ketones is 1. The molecule has 44 heavy (non-hydrogen) atoms. The van der Waals surface area contributed by atoms with Crippen LogP contribution in [-0.2, 0) is 32.3 Å². The second-order valence-electron chi connectivity index (χ2n) is 8.88. The van der Waals surface area contributed by atoms with Crippen molar-refractivity contribution in [1.82, 2.24) is 0 Å². The molecule has 2 rings (SSSR count). The van der Waals surface area contributed by atoms with Crippen molar-refractivity contribution in [3.05, 3.63) is 59.7 Å². The van der Waals surface area contributed by atoms with Gasteiger partial charge in [0, 0.05) is 12.0 Å². The molecule has 0 aliphatic rings. The van der Waals surface area contributed by atoms with E-state index in [2.05, 4.69) is 17.2 Å². The Kier molecular flexibility index (Phi) is 17.2. The van der Waals surface area contributed by atoms with Gasteiger partial charge in [-0.1, -0.05) is 49.3 Å². The molecule has 4 N–H and O–H groups in total. The van der Waals surface area contributed by atoms with E-state index in [1.54, 1.807) is 44.2 Å². The summed E-state index contributed by atoms with van der Waals surface area (Å²) in [5.74, 6) is 2.34. The van der Waals surface area contributed by atoms with Crippen molar-refractivity contribution in [2.45, 2.75) is 40.5 Å². The van der Waals surface area contributed by atoms with Gasteiger partial charge in [0.05, 0.1) is 13.2 Å². The standard InChI is InChI=1S/C23H28O6.C8H10AsNO5/c1-4-7-8-9-16-27-17-21(24)19-13-10-18(11-14-19)12-15-20(22(25)28-5-2)23(26)29-6-3;1-5(11)10-8-6(9(13,14)15)3-2-4-7(8)12/h10-15,20H,4-7,16-17H2,1-3H3;2-4,12H,1H3,(H,10,11)(H2,13,14,15). The quantitative estimate of drug-likeness (QED) is 0.0465. The maximum atomic E-state index is 12.1. The van der Waals surface area contributed by atoms with Gasteiger partial charge in [-0.3, -0.25) is 14.4 Å². The molecule has 0 fully saturated rings. The third-order valence-electron chi connectivity index (χ3n) is 5.34. The first kappa shape index (κ1) is 37.9. The fourth-order valence-electron chi connectivity index (χ4n) is 3.32. The molecule has 0 saturated carbocycles. The van der Waals surface area contributed by atoms with Crippen molar-refractivity contribution in [3.63, 3.8) is 0 Å². The summed E-state index contributed by atoms with van der Waals surface area (Å²) in [6.07, 6.45) is 4.87. The molecular weight excluding hydrogens is 637 g/mol. The third-order valence-corrected chi connectivity index (χ3v) is 7.44. The van der Waals surface area contributed by atoms with Crippen LogP contribution in [0.2, 0.25) is 0 Å². The molecule has 0 saturated heterocycles. The van der Waals surface area contributed by atoms with Crippen molar-refractivity contribution in [1.29, 1.82) is 0 Å². The molecule has 0 aliphatic carbocycles. The number of hydrogen-bond acceptors (Lipinski definition) is 9. The summed E-state index contributed by atoms with van der Waals surface area (Å²) in [6, 6.07) is 10.5. The van der Waals surface area contributed by atoms with Crippen LogP contribution >= 0.6 is 0 Å². The topological polar surface area (TPSA) is 186 Å². The molecule has 0 radical (unpaired) electrons. The van der Waals surface area contributed by atoms with Crippen LogP contribution in [0.15, 0.2) is 48.5 Å². The second-order valence-corrected chi connectivity index (χ2v) is 12.2. The van der Waals surface area contributed by atoms with Crippen molar-refractivity contribution < 1.29 is 50.4 Å². The summed E-state index contributed by atoms with van der Waals surface area (Å²) < 4.78 is 43.9. The Morgan fingerprint density at radius 3 is 2.09 bits per heavy atom. The number of phenols is 1. The molecule has 2 aromatic rings. The largest absolute Gasteiger partial charge is 0.465 e. The number of para-hydroxylation sites is 1. The Balaban J connectivity index is 0.000000539. The number of nitrogens with one attached hydrogen (secondary N) is 1. The molecule has 0 bridgehead atoms. The summed E-state index contributed by atoms with van der Waals surface area (Å²) in [5.41, 5.74) is 1.01. The van der Waals surface area contributed by atoms with E-state index in [1.165, 1.54) is 31.2 Å². The number of Topliss-reactive ketones (excluding diaryl/α,β-unsaturated/α-hetero) is 1. The number of esters is 2. The fourth-order valence-corrected chi connectivity index (χ4v) is 4.88. The minimum Gasteiger partial charge on any atom is -0.465 e. The summed E-state index contributed by atoms with van der Waals surface area (Å²) in [6.45, 7) is 7.10. The minimum atomic E-state index is -5.14. The number of rotatable bonds is 13. The average molecular weight is 676 g/mol. The van der Waals surface area contributed by atoms with Gasteiger partial charge >= 0.3 is 100 Å². The van der Waals surface area contributed by atoms with Gasteiger partial charge < -0.3 is 14.2 Å². The molecule has 0 atom stereocenters. The molecule has 0 aromatic heterocycles. The molecule has 238 valence electrons. The zero-order valence-corrected chi connectivity index (χ0v) is 26.9. The number of aromatic hydroxyl groups is 1. The number of ether oxygens (including phenoxy) is 3. The van der Waals surface area contributed by atoms with Gasteiger partial charge in [0.1, 0.15) is 13.2 Å². The van der Waals surface area contributed by atoms with Gasteiger partial charge in [-0.15, -0.1) is 5.92 Å². The van der Waals surface area contributed by atoms with E-state index in [0.717, 1.165) is 18.4 Å². The summed E-state index contributed by atoms with van der Waals surface area (Å²) in [5, 5.41) is 11.5. The number of amides is 1. The Morgan fingerprint density at radius 1 is 0.955 bits per heavy atom. The number of carbonyl (C=O) groups is 4. The van der Waals surface area contributed by atoms with Crippen molar-refractivity contribution in [3.8, 4) is 17.6 Å². The number of carbonyl (C=O) groups excluding carboxylic acids is 4. The maximum absolute atomic E-state index is 12.1. The van der Waals surface area contributed by atoms with Crippen LogP contribution < -0.4 is 9.67 Å². The summed E-state index contributed by atoms with van der Waals surface area (Å²) in [4.78, 5) is 46.8. The van der Waals surface area contributed by atoms with Gasteiger partial charge in [0.2, 0.25) is 0 Å². The number of unbranched alkanes of at least 4 members (excludes halogenated alkanes) is 1. The number of anilines is 1. The molecular formula is C31H38AsNO11. The normalized spacial score (nSPS) is 10.7. The van der Waals surface area contributed by atoms with Crippen LogP contribution in [0.25, 0.3) is 6.08 Å². The maximum Gasteiger partial charge on any atom is 0.324 e. The fraction of sp³-hybridized carbons (Fsp3) is 0.355. The van der Waals surface area contributed by atoms with Crippen LogP contribution in [0.4, 0.5) is 5.69 Å². The van der Waals surface area contributed by atoms with E-state index in [0.29, 0.717) is 5.56 Å². The number of hydrogen-bond donors (Lipinski definition) is 4. The molecule has 0 unspecified atom stereocenters. The van der Waals surface area contributed by atoms with Crippen molar-refractivity contribution in [2.75, 3.05) is 31.7 Å². The van der Waals surface area contributed by atoms with Gasteiger partial charge in [0.15, 0.2) is 11.7 Å². The Hall–Kier alpha value is -4.14. The molecule has 0 aliphatic heterocycles. The van der Waals surface area contributed by atoms with E-state index in [9.17, 15) is 28.0 Å². The second kappa shape index (κ2) is 19.9. The number of phenolic OH excluding ortho intramolecular Hbond substituents is 1. The van der Waals surface area contributed by atoms with Crippen molar-refractivity contribution in [2.24, 2.45) is 5.92 Å². The van der Waals surface area contributed by atoms with Crippen LogP contribution in [0.1, 0.15) is 56.5 Å². The monoisotopic (exact) mass is 675 g/mol. The Bertz CT molecular complexity index is 1380. The first-order chi connectivity index (χ1) is 20.8. The summed E-state index contributed by atoms with van der Waals surface area (Å²) in [7, 11) is 0. The average Bonchev–Trinajstić information content (AvgIpc) is 2.96. The zero-order valence-electron chi connectivity index (χ0n) is 25.1. The van der Waals surface area contributed by atoms with Gasteiger partial charge in [0.25, 0.3) is 0 Å². The predicted octanol–water partition coefficient (Wildman–Crippen LogP) is 2.36. The first-order valence-corrected chi connectivity index (χ1v) is 17.1. The van der Waals surface area contributed by atoms with E-state index in [1.807, 2.05) is 6.92 Å². The van der Waals surface area contributed by atoms with E-state index in [4.69, 9.17) is 22.4 Å². The van der Waals surface area contributed by atoms with Crippen LogP contribution in [0.3, 0.4) is 0 Å².